The van der Waals surface area contributed by atoms with E-state index in [-0.39, 0.29) is 0 Å². The van der Waals surface area contributed by atoms with Crippen LogP contribution in [0.2, 0.25) is 0 Å². The molecule has 8 heavy (non-hydrogen) atoms. The van der Waals surface area contributed by atoms with E-state index in [0.717, 1.165) is 13.0 Å². The molecule has 0 aromatic carbocycles. The summed E-state index contributed by atoms with van der Waals surface area (Å²) in [5.74, 6) is 4.79. The van der Waals surface area contributed by atoms with Crippen molar-refractivity contribution < 1.29 is 0 Å². The van der Waals surface area contributed by atoms with Crippen molar-refractivity contribution in [3.8, 4) is 0 Å². The minimum Gasteiger partial charge on any atom is -0.323 e. The predicted octanol–water partition coefficient (Wildman–Crippen LogP) is 0.412. The monoisotopic (exact) mass is 113 g/mol. The fourth-order valence-electron chi connectivity index (χ4n) is 0.289. The second-order valence-corrected chi connectivity index (χ2v) is 1.35. The number of rotatable bonds is 3. The van der Waals surface area contributed by atoms with Crippen LogP contribution in [0.15, 0.2) is 10.1 Å². The van der Waals surface area contributed by atoms with Crippen LogP contribution in [0.1, 0.15) is 13.3 Å². The Morgan fingerprint density at radius 1 is 1.50 bits per heavy atom. The minimum atomic E-state index is 0.853. The number of aliphatic imine (C=N–C) groups is 1. The van der Waals surface area contributed by atoms with Gasteiger partial charge in [0.2, 0.25) is 0 Å². The van der Waals surface area contributed by atoms with Crippen molar-refractivity contribution in [2.24, 2.45) is 15.9 Å². The maximum Gasteiger partial charge on any atom is 0.0644 e. The quantitative estimate of drug-likeness (QED) is 0.321. The van der Waals surface area contributed by atoms with Crippen molar-refractivity contribution in [1.29, 1.82) is 0 Å². The van der Waals surface area contributed by atoms with E-state index < -0.39 is 0 Å². The van der Waals surface area contributed by atoms with E-state index in [9.17, 15) is 0 Å². The Balaban J connectivity index is 3.07. The molecule has 0 aliphatic carbocycles. The van der Waals surface area contributed by atoms with E-state index in [1.165, 1.54) is 6.21 Å². The molecular weight excluding hydrogens is 102 g/mol. The maximum absolute atomic E-state index is 4.79. The fourth-order valence-corrected chi connectivity index (χ4v) is 0.289. The summed E-state index contributed by atoms with van der Waals surface area (Å²) in [6, 6.07) is 0. The average molecular weight is 113 g/mol. The van der Waals surface area contributed by atoms with Crippen molar-refractivity contribution in [2.75, 3.05) is 6.54 Å². The SMILES string of the molecule is CCCN=C/C=N\N. The lowest BCUT2D eigenvalue weighted by Gasteiger charge is -1.79. The van der Waals surface area contributed by atoms with Gasteiger partial charge in [0.25, 0.3) is 0 Å². The van der Waals surface area contributed by atoms with Gasteiger partial charge in [0.15, 0.2) is 0 Å². The summed E-state index contributed by atoms with van der Waals surface area (Å²) in [7, 11) is 0. The summed E-state index contributed by atoms with van der Waals surface area (Å²) in [6.07, 6.45) is 4.13. The largest absolute Gasteiger partial charge is 0.323 e. The molecule has 0 saturated carbocycles. The summed E-state index contributed by atoms with van der Waals surface area (Å²) in [5, 5.41) is 3.23. The van der Waals surface area contributed by atoms with Crippen LogP contribution in [0.4, 0.5) is 0 Å². The van der Waals surface area contributed by atoms with Crippen molar-refractivity contribution in [3.63, 3.8) is 0 Å². The van der Waals surface area contributed by atoms with Crippen molar-refractivity contribution in [3.05, 3.63) is 0 Å². The fraction of sp³-hybridized carbons (Fsp3) is 0.600. The smallest absolute Gasteiger partial charge is 0.0644 e. The first kappa shape index (κ1) is 7.14. The second-order valence-electron chi connectivity index (χ2n) is 1.35. The van der Waals surface area contributed by atoms with Gasteiger partial charge >= 0.3 is 0 Å². The van der Waals surface area contributed by atoms with Crippen LogP contribution in [0, 0.1) is 0 Å². The summed E-state index contributed by atoms with van der Waals surface area (Å²) in [6.45, 7) is 2.92. The van der Waals surface area contributed by atoms with Crippen LogP contribution in [-0.4, -0.2) is 19.0 Å². The van der Waals surface area contributed by atoms with Gasteiger partial charge in [0.1, 0.15) is 0 Å². The Morgan fingerprint density at radius 3 is 2.75 bits per heavy atom. The molecule has 0 atom stereocenters. The molecule has 0 aliphatic heterocycles. The summed E-state index contributed by atoms with van der Waals surface area (Å²) in [5.41, 5.74) is 0. The maximum atomic E-state index is 4.79. The van der Waals surface area contributed by atoms with E-state index in [0.29, 0.717) is 0 Å². The molecule has 3 heteroatoms. The summed E-state index contributed by atoms with van der Waals surface area (Å²) >= 11 is 0. The zero-order chi connectivity index (χ0) is 6.24. The summed E-state index contributed by atoms with van der Waals surface area (Å²) < 4.78 is 0. The Labute approximate surface area is 49.3 Å². The lowest BCUT2D eigenvalue weighted by Crippen LogP contribution is -1.84. The zero-order valence-corrected chi connectivity index (χ0v) is 5.04. The van der Waals surface area contributed by atoms with E-state index in [4.69, 9.17) is 5.84 Å². The van der Waals surface area contributed by atoms with Gasteiger partial charge in [0, 0.05) is 12.8 Å². The second kappa shape index (κ2) is 6.14. The molecule has 0 aromatic rings. The first-order chi connectivity index (χ1) is 3.91. The van der Waals surface area contributed by atoms with Crippen molar-refractivity contribution in [2.45, 2.75) is 13.3 Å². The Kier molecular flexibility index (Phi) is 5.48. The molecule has 46 valence electrons. The van der Waals surface area contributed by atoms with Gasteiger partial charge in [-0.15, -0.1) is 0 Å². The van der Waals surface area contributed by atoms with Crippen LogP contribution in [0.25, 0.3) is 0 Å². The highest BCUT2D eigenvalue weighted by molar-refractivity contribution is 6.15. The van der Waals surface area contributed by atoms with Gasteiger partial charge in [-0.2, -0.15) is 5.10 Å². The molecule has 0 radical (unpaired) electrons. The van der Waals surface area contributed by atoms with Crippen LogP contribution in [0.3, 0.4) is 0 Å². The molecule has 0 spiro atoms. The van der Waals surface area contributed by atoms with Gasteiger partial charge in [-0.05, 0) is 6.42 Å². The number of nitrogens with zero attached hydrogens (tertiary/aromatic N) is 2. The van der Waals surface area contributed by atoms with Crippen LogP contribution in [0.5, 0.6) is 0 Å². The molecule has 0 aliphatic rings. The van der Waals surface area contributed by atoms with E-state index in [1.54, 1.807) is 6.21 Å². The van der Waals surface area contributed by atoms with Crippen molar-refractivity contribution in [1.82, 2.24) is 0 Å². The van der Waals surface area contributed by atoms with Gasteiger partial charge in [-0.1, -0.05) is 6.92 Å². The third-order valence-electron chi connectivity index (χ3n) is 0.611. The highest BCUT2D eigenvalue weighted by Crippen LogP contribution is 1.72. The van der Waals surface area contributed by atoms with E-state index in [1.807, 2.05) is 0 Å². The third kappa shape index (κ3) is 5.14. The molecule has 0 unspecified atom stereocenters. The normalized spacial score (nSPS) is 11.6. The Morgan fingerprint density at radius 2 is 2.25 bits per heavy atom. The van der Waals surface area contributed by atoms with Crippen LogP contribution in [-0.2, 0) is 0 Å². The van der Waals surface area contributed by atoms with Gasteiger partial charge < -0.3 is 5.84 Å². The standard InChI is InChI=1S/C5H11N3/c1-2-3-7-4-5-8-6/h4-5H,2-3,6H2,1H3/b7-4?,8-5-. The van der Waals surface area contributed by atoms with E-state index in [2.05, 4.69) is 17.0 Å². The lowest BCUT2D eigenvalue weighted by molar-refractivity contribution is 0.938. The topological polar surface area (TPSA) is 50.7 Å². The van der Waals surface area contributed by atoms with E-state index >= 15 is 0 Å². The minimum absolute atomic E-state index is 0.853. The Bertz CT molecular complexity index is 85.7. The molecule has 0 saturated heterocycles. The first-order valence-corrected chi connectivity index (χ1v) is 2.63. The first-order valence-electron chi connectivity index (χ1n) is 2.63. The molecule has 0 heterocycles. The van der Waals surface area contributed by atoms with Crippen molar-refractivity contribution >= 4 is 12.4 Å². The molecule has 0 bridgehead atoms. The number of hydrogen-bond donors (Lipinski definition) is 1. The molecule has 0 amide bonds. The zero-order valence-electron chi connectivity index (χ0n) is 5.04. The third-order valence-corrected chi connectivity index (χ3v) is 0.611. The van der Waals surface area contributed by atoms with Gasteiger partial charge in [0.05, 0.1) is 6.21 Å². The van der Waals surface area contributed by atoms with Gasteiger partial charge in [-0.3, -0.25) is 4.99 Å². The number of nitrogens with two attached hydrogens (primary N) is 1. The Hall–Kier alpha value is -0.860. The molecule has 2 N–H and O–H groups in total. The molecule has 3 nitrogen and oxygen atoms in total. The lowest BCUT2D eigenvalue weighted by atomic mass is 10.5. The molecule has 0 aromatic heterocycles. The number of hydrogen-bond acceptors (Lipinski definition) is 3. The van der Waals surface area contributed by atoms with Gasteiger partial charge in [-0.25, -0.2) is 0 Å². The predicted molar refractivity (Wildman–Crippen MR) is 36.3 cm³/mol. The average Bonchev–Trinajstić information content (AvgIpc) is 1.81. The highest BCUT2D eigenvalue weighted by atomic mass is 15.1. The van der Waals surface area contributed by atoms with Crippen LogP contribution >= 0.6 is 0 Å². The molecule has 0 rings (SSSR count). The molecule has 0 fully saturated rings. The summed E-state index contributed by atoms with van der Waals surface area (Å²) in [4.78, 5) is 3.93. The molecular formula is C5H11N3. The van der Waals surface area contributed by atoms with Crippen LogP contribution < -0.4 is 5.84 Å². The highest BCUT2D eigenvalue weighted by Gasteiger charge is 1.67. The number of hydrazone groups is 1.